The maximum Gasteiger partial charge on any atom is 0.00966 e. The van der Waals surface area contributed by atoms with Crippen LogP contribution in [-0.4, -0.2) is 12.1 Å². The van der Waals surface area contributed by atoms with Crippen LogP contribution >= 0.6 is 0 Å². The third-order valence-electron chi connectivity index (χ3n) is 4.95. The number of rotatable bonds is 5. The average molecular weight is 287 g/mol. The minimum Gasteiger partial charge on any atom is -0.312 e. The molecule has 1 aromatic rings. The summed E-state index contributed by atoms with van der Waals surface area (Å²) in [6.07, 6.45) is 6.97. The van der Waals surface area contributed by atoms with Crippen LogP contribution in [0.15, 0.2) is 18.2 Å². The van der Waals surface area contributed by atoms with Gasteiger partial charge in [0.05, 0.1) is 0 Å². The molecule has 1 unspecified atom stereocenters. The topological polar surface area (TPSA) is 12.0 Å². The van der Waals surface area contributed by atoms with E-state index in [-0.39, 0.29) is 5.54 Å². The summed E-state index contributed by atoms with van der Waals surface area (Å²) >= 11 is 0. The first-order chi connectivity index (χ1) is 9.85. The Labute approximate surface area is 131 Å². The van der Waals surface area contributed by atoms with E-state index in [1.54, 1.807) is 5.56 Å². The third kappa shape index (κ3) is 5.14. The van der Waals surface area contributed by atoms with Crippen molar-refractivity contribution in [2.24, 2.45) is 11.8 Å². The van der Waals surface area contributed by atoms with Crippen molar-refractivity contribution in [2.45, 2.75) is 72.3 Å². The predicted octanol–water partition coefficient (Wildman–Crippen LogP) is 5.04. The lowest BCUT2D eigenvalue weighted by Crippen LogP contribution is -2.41. The Balaban J connectivity index is 2.09. The van der Waals surface area contributed by atoms with Gasteiger partial charge < -0.3 is 5.32 Å². The van der Waals surface area contributed by atoms with E-state index in [4.69, 9.17) is 0 Å². The number of nitrogens with one attached hydrogen (secondary N) is 1. The molecule has 1 saturated carbocycles. The minimum absolute atomic E-state index is 0.221. The molecule has 0 saturated heterocycles. The summed E-state index contributed by atoms with van der Waals surface area (Å²) in [5.41, 5.74) is 4.63. The molecule has 1 aliphatic carbocycles. The van der Waals surface area contributed by atoms with Crippen LogP contribution < -0.4 is 5.32 Å². The van der Waals surface area contributed by atoms with Gasteiger partial charge in [-0.15, -0.1) is 0 Å². The van der Waals surface area contributed by atoms with E-state index in [0.29, 0.717) is 0 Å². The molecule has 0 spiro atoms. The molecule has 1 N–H and O–H groups in total. The molecule has 118 valence electrons. The smallest absolute Gasteiger partial charge is 0.00966 e. The van der Waals surface area contributed by atoms with Gasteiger partial charge in [-0.3, -0.25) is 0 Å². The van der Waals surface area contributed by atoms with Gasteiger partial charge in [-0.2, -0.15) is 0 Å². The van der Waals surface area contributed by atoms with E-state index in [1.807, 2.05) is 0 Å². The van der Waals surface area contributed by atoms with Crippen molar-refractivity contribution in [3.8, 4) is 0 Å². The van der Waals surface area contributed by atoms with E-state index < -0.39 is 0 Å². The fourth-order valence-corrected chi connectivity index (χ4v) is 3.57. The molecule has 1 heteroatoms. The van der Waals surface area contributed by atoms with Gasteiger partial charge in [-0.25, -0.2) is 0 Å². The Morgan fingerprint density at radius 1 is 1.14 bits per heavy atom. The molecule has 0 heterocycles. The Morgan fingerprint density at radius 3 is 2.43 bits per heavy atom. The van der Waals surface area contributed by atoms with Crippen LogP contribution in [0.2, 0.25) is 0 Å². The summed E-state index contributed by atoms with van der Waals surface area (Å²) in [6, 6.07) is 6.92. The van der Waals surface area contributed by atoms with Crippen molar-refractivity contribution in [3.63, 3.8) is 0 Å². The molecule has 21 heavy (non-hydrogen) atoms. The highest BCUT2D eigenvalue weighted by atomic mass is 14.9. The SMILES string of the molecule is Cc1ccc(C)c(CC(CNC(C)(C)C)C2CCCC2)c1. The molecular weight excluding hydrogens is 254 g/mol. The van der Waals surface area contributed by atoms with Crippen LogP contribution in [0.1, 0.15) is 63.1 Å². The minimum atomic E-state index is 0.221. The lowest BCUT2D eigenvalue weighted by Gasteiger charge is -2.29. The quantitative estimate of drug-likeness (QED) is 0.800. The van der Waals surface area contributed by atoms with Crippen molar-refractivity contribution in [1.82, 2.24) is 5.32 Å². The molecule has 0 aromatic heterocycles. The second-order valence-corrected chi connectivity index (χ2v) is 8.07. The first-order valence-corrected chi connectivity index (χ1v) is 8.66. The highest BCUT2D eigenvalue weighted by Crippen LogP contribution is 2.33. The van der Waals surface area contributed by atoms with Crippen molar-refractivity contribution in [3.05, 3.63) is 34.9 Å². The third-order valence-corrected chi connectivity index (χ3v) is 4.95. The van der Waals surface area contributed by atoms with E-state index >= 15 is 0 Å². The van der Waals surface area contributed by atoms with Gasteiger partial charge in [0.15, 0.2) is 0 Å². The van der Waals surface area contributed by atoms with E-state index in [1.165, 1.54) is 43.2 Å². The summed E-state index contributed by atoms with van der Waals surface area (Å²) in [4.78, 5) is 0. The van der Waals surface area contributed by atoms with Crippen molar-refractivity contribution in [1.29, 1.82) is 0 Å². The van der Waals surface area contributed by atoms with Gasteiger partial charge in [-0.1, -0.05) is 49.4 Å². The van der Waals surface area contributed by atoms with Crippen LogP contribution in [0.5, 0.6) is 0 Å². The van der Waals surface area contributed by atoms with E-state index in [9.17, 15) is 0 Å². The Morgan fingerprint density at radius 2 is 1.81 bits per heavy atom. The molecule has 1 nitrogen and oxygen atoms in total. The molecular formula is C20H33N. The summed E-state index contributed by atoms with van der Waals surface area (Å²) in [5.74, 6) is 1.70. The van der Waals surface area contributed by atoms with Gasteiger partial charge in [0.25, 0.3) is 0 Å². The average Bonchev–Trinajstić information content (AvgIpc) is 2.91. The molecule has 0 amide bonds. The molecule has 1 aliphatic rings. The van der Waals surface area contributed by atoms with Gasteiger partial charge in [0.2, 0.25) is 0 Å². The molecule has 1 atom stereocenters. The zero-order chi connectivity index (χ0) is 15.5. The van der Waals surface area contributed by atoms with Crippen molar-refractivity contribution < 1.29 is 0 Å². The fourth-order valence-electron chi connectivity index (χ4n) is 3.57. The van der Waals surface area contributed by atoms with Crippen LogP contribution in [0, 0.1) is 25.7 Å². The van der Waals surface area contributed by atoms with Crippen molar-refractivity contribution >= 4 is 0 Å². The maximum absolute atomic E-state index is 3.75. The van der Waals surface area contributed by atoms with Gasteiger partial charge in [-0.05, 0) is 70.5 Å². The second kappa shape index (κ2) is 6.96. The molecule has 1 fully saturated rings. The Bertz CT molecular complexity index is 449. The highest BCUT2D eigenvalue weighted by molar-refractivity contribution is 5.31. The number of aryl methyl sites for hydroxylation is 2. The first kappa shape index (κ1) is 16.5. The Kier molecular flexibility index (Phi) is 5.48. The zero-order valence-corrected chi connectivity index (χ0v) is 14.6. The first-order valence-electron chi connectivity index (χ1n) is 8.66. The number of hydrogen-bond donors (Lipinski definition) is 1. The summed E-state index contributed by atoms with van der Waals surface area (Å²) in [6.45, 7) is 12.4. The van der Waals surface area contributed by atoms with Crippen LogP contribution in [0.4, 0.5) is 0 Å². The number of hydrogen-bond acceptors (Lipinski definition) is 1. The fraction of sp³-hybridized carbons (Fsp3) is 0.700. The van der Waals surface area contributed by atoms with E-state index in [2.05, 4.69) is 58.1 Å². The normalized spacial score (nSPS) is 18.1. The summed E-state index contributed by atoms with van der Waals surface area (Å²) in [5, 5.41) is 3.75. The van der Waals surface area contributed by atoms with Crippen LogP contribution in [-0.2, 0) is 6.42 Å². The summed E-state index contributed by atoms with van der Waals surface area (Å²) in [7, 11) is 0. The predicted molar refractivity (Wildman–Crippen MR) is 92.8 cm³/mol. The van der Waals surface area contributed by atoms with Crippen LogP contribution in [0.25, 0.3) is 0 Å². The Hall–Kier alpha value is -0.820. The molecule has 0 radical (unpaired) electrons. The molecule has 2 rings (SSSR count). The summed E-state index contributed by atoms with van der Waals surface area (Å²) < 4.78 is 0. The molecule has 0 bridgehead atoms. The number of benzene rings is 1. The largest absolute Gasteiger partial charge is 0.312 e. The van der Waals surface area contributed by atoms with Gasteiger partial charge in [0.1, 0.15) is 0 Å². The highest BCUT2D eigenvalue weighted by Gasteiger charge is 2.26. The van der Waals surface area contributed by atoms with Gasteiger partial charge in [0, 0.05) is 5.54 Å². The monoisotopic (exact) mass is 287 g/mol. The van der Waals surface area contributed by atoms with Gasteiger partial charge >= 0.3 is 0 Å². The lowest BCUT2D eigenvalue weighted by atomic mass is 9.83. The lowest BCUT2D eigenvalue weighted by molar-refractivity contribution is 0.286. The molecule has 0 aliphatic heterocycles. The molecule has 1 aromatic carbocycles. The van der Waals surface area contributed by atoms with Crippen LogP contribution in [0.3, 0.4) is 0 Å². The van der Waals surface area contributed by atoms with E-state index in [0.717, 1.165) is 18.4 Å². The standard InChI is InChI=1S/C20H33N/c1-15-10-11-16(2)18(12-15)13-19(14-21-20(3,4)5)17-8-6-7-9-17/h10-12,17,19,21H,6-9,13-14H2,1-5H3. The second-order valence-electron chi connectivity index (χ2n) is 8.07. The maximum atomic E-state index is 3.75. The van der Waals surface area contributed by atoms with Crippen molar-refractivity contribution in [2.75, 3.05) is 6.54 Å². The zero-order valence-electron chi connectivity index (χ0n) is 14.6.